The maximum absolute atomic E-state index is 14.0. The Morgan fingerprint density at radius 1 is 1.30 bits per heavy atom. The molecule has 0 bridgehead atoms. The number of anilines is 2. The first-order valence-electron chi connectivity index (χ1n) is 7.79. The van der Waals surface area contributed by atoms with Gasteiger partial charge < -0.3 is 14.8 Å². The van der Waals surface area contributed by atoms with Crippen molar-refractivity contribution < 1.29 is 28.2 Å². The normalized spacial score (nSPS) is 12.9. The zero-order valence-corrected chi connectivity index (χ0v) is 14.9. The SMILES string of the molecule is COC(=O)c1ccc(F)c(NC(=O)CN2C(=O)COc3ccc(Cl)cc32)c1. The number of rotatable bonds is 4. The molecule has 0 aromatic heterocycles. The number of carbonyl (C=O) groups is 3. The second-order valence-electron chi connectivity index (χ2n) is 5.61. The third kappa shape index (κ3) is 4.01. The molecule has 0 radical (unpaired) electrons. The summed E-state index contributed by atoms with van der Waals surface area (Å²) in [6, 6.07) is 8.12. The number of fused-ring (bicyclic) bond motifs is 1. The van der Waals surface area contributed by atoms with Crippen molar-refractivity contribution in [3.8, 4) is 5.75 Å². The second kappa shape index (κ2) is 7.63. The molecule has 0 fully saturated rings. The summed E-state index contributed by atoms with van der Waals surface area (Å²) in [6.45, 7) is -0.606. The van der Waals surface area contributed by atoms with Gasteiger partial charge >= 0.3 is 5.97 Å². The summed E-state index contributed by atoms with van der Waals surface area (Å²) in [5.41, 5.74) is 0.224. The molecule has 1 N–H and O–H groups in total. The Kier molecular flexibility index (Phi) is 5.27. The Hall–Kier alpha value is -3.13. The monoisotopic (exact) mass is 392 g/mol. The number of benzene rings is 2. The minimum absolute atomic E-state index is 0.0776. The highest BCUT2D eigenvalue weighted by Gasteiger charge is 2.28. The molecule has 1 heterocycles. The average Bonchev–Trinajstić information content (AvgIpc) is 2.65. The smallest absolute Gasteiger partial charge is 0.337 e. The van der Waals surface area contributed by atoms with Gasteiger partial charge in [0, 0.05) is 5.02 Å². The summed E-state index contributed by atoms with van der Waals surface area (Å²) in [5, 5.41) is 2.72. The standard InChI is InChI=1S/C18H14ClFN2O5/c1-26-18(25)10-2-4-12(20)13(6-10)21-16(23)8-22-14-7-11(19)3-5-15(14)27-9-17(22)24/h2-7H,8-9H2,1H3,(H,21,23). The van der Waals surface area contributed by atoms with Gasteiger partial charge in [-0.15, -0.1) is 0 Å². The first-order chi connectivity index (χ1) is 12.9. The summed E-state index contributed by atoms with van der Waals surface area (Å²) in [7, 11) is 1.19. The maximum atomic E-state index is 14.0. The van der Waals surface area contributed by atoms with Crippen LogP contribution in [0.25, 0.3) is 0 Å². The highest BCUT2D eigenvalue weighted by molar-refractivity contribution is 6.31. The van der Waals surface area contributed by atoms with Gasteiger partial charge in [-0.25, -0.2) is 9.18 Å². The second-order valence-corrected chi connectivity index (χ2v) is 6.05. The molecule has 7 nitrogen and oxygen atoms in total. The molecule has 0 aliphatic carbocycles. The largest absolute Gasteiger partial charge is 0.482 e. The van der Waals surface area contributed by atoms with Crippen LogP contribution < -0.4 is 15.0 Å². The number of methoxy groups -OCH3 is 1. The van der Waals surface area contributed by atoms with Gasteiger partial charge in [0.2, 0.25) is 5.91 Å². The Balaban J connectivity index is 1.80. The van der Waals surface area contributed by atoms with E-state index in [-0.39, 0.29) is 24.4 Å². The number of amides is 2. The number of esters is 1. The summed E-state index contributed by atoms with van der Waals surface area (Å²) >= 11 is 5.95. The van der Waals surface area contributed by atoms with Crippen molar-refractivity contribution in [2.75, 3.05) is 30.5 Å². The molecule has 140 valence electrons. The van der Waals surface area contributed by atoms with Gasteiger partial charge in [-0.05, 0) is 36.4 Å². The Labute approximate surface area is 158 Å². The van der Waals surface area contributed by atoms with E-state index in [1.807, 2.05) is 0 Å². The number of nitrogens with one attached hydrogen (secondary N) is 1. The van der Waals surface area contributed by atoms with Crippen LogP contribution in [0.4, 0.5) is 15.8 Å². The number of ether oxygens (including phenoxy) is 2. The minimum atomic E-state index is -0.729. The van der Waals surface area contributed by atoms with Crippen molar-refractivity contribution in [1.82, 2.24) is 0 Å². The zero-order valence-electron chi connectivity index (χ0n) is 14.1. The molecular weight excluding hydrogens is 379 g/mol. The average molecular weight is 393 g/mol. The molecule has 2 aromatic rings. The van der Waals surface area contributed by atoms with Crippen LogP contribution >= 0.6 is 11.6 Å². The third-order valence-electron chi connectivity index (χ3n) is 3.83. The molecule has 0 atom stereocenters. The molecule has 0 saturated carbocycles. The van der Waals surface area contributed by atoms with E-state index >= 15 is 0 Å². The van der Waals surface area contributed by atoms with Crippen LogP contribution in [0.2, 0.25) is 5.02 Å². The minimum Gasteiger partial charge on any atom is -0.482 e. The van der Waals surface area contributed by atoms with Crippen molar-refractivity contribution in [2.24, 2.45) is 0 Å². The number of halogens is 2. The molecule has 27 heavy (non-hydrogen) atoms. The third-order valence-corrected chi connectivity index (χ3v) is 4.06. The lowest BCUT2D eigenvalue weighted by atomic mass is 10.2. The van der Waals surface area contributed by atoms with Crippen LogP contribution in [0.3, 0.4) is 0 Å². The van der Waals surface area contributed by atoms with Gasteiger partial charge in [-0.2, -0.15) is 0 Å². The fourth-order valence-electron chi connectivity index (χ4n) is 2.55. The summed E-state index contributed by atoms with van der Waals surface area (Å²) < 4.78 is 23.8. The fraction of sp³-hybridized carbons (Fsp3) is 0.167. The lowest BCUT2D eigenvalue weighted by molar-refractivity contribution is -0.123. The highest BCUT2D eigenvalue weighted by atomic mass is 35.5. The van der Waals surface area contributed by atoms with Crippen molar-refractivity contribution in [3.63, 3.8) is 0 Å². The number of nitrogens with zero attached hydrogens (tertiary/aromatic N) is 1. The maximum Gasteiger partial charge on any atom is 0.337 e. The molecule has 2 aromatic carbocycles. The molecule has 9 heteroatoms. The van der Waals surface area contributed by atoms with Gasteiger partial charge in [0.05, 0.1) is 24.0 Å². The Morgan fingerprint density at radius 2 is 2.07 bits per heavy atom. The van der Waals surface area contributed by atoms with Gasteiger partial charge in [0.25, 0.3) is 5.91 Å². The van der Waals surface area contributed by atoms with Crippen molar-refractivity contribution in [2.45, 2.75) is 0 Å². The molecular formula is C18H14ClFN2O5. The molecule has 1 aliphatic heterocycles. The number of carbonyl (C=O) groups excluding carboxylic acids is 3. The van der Waals surface area contributed by atoms with Crippen LogP contribution in [0, 0.1) is 5.82 Å². The fourth-order valence-corrected chi connectivity index (χ4v) is 2.71. The quantitative estimate of drug-likeness (QED) is 0.808. The van der Waals surface area contributed by atoms with Crippen molar-refractivity contribution >= 4 is 40.8 Å². The lowest BCUT2D eigenvalue weighted by Gasteiger charge is -2.29. The molecule has 3 rings (SSSR count). The van der Waals surface area contributed by atoms with Gasteiger partial charge in [0.15, 0.2) is 6.61 Å². The van der Waals surface area contributed by atoms with Gasteiger partial charge in [-0.3, -0.25) is 14.5 Å². The van der Waals surface area contributed by atoms with E-state index in [1.54, 1.807) is 12.1 Å². The summed E-state index contributed by atoms with van der Waals surface area (Å²) in [5.74, 6) is -2.09. The van der Waals surface area contributed by atoms with E-state index in [1.165, 1.54) is 24.1 Å². The Morgan fingerprint density at radius 3 is 2.81 bits per heavy atom. The van der Waals surface area contributed by atoms with Crippen LogP contribution in [-0.2, 0) is 14.3 Å². The summed E-state index contributed by atoms with van der Waals surface area (Å²) in [4.78, 5) is 37.3. The molecule has 0 unspecified atom stereocenters. The molecule has 1 aliphatic rings. The topological polar surface area (TPSA) is 84.9 Å². The van der Waals surface area contributed by atoms with Crippen molar-refractivity contribution in [1.29, 1.82) is 0 Å². The predicted molar refractivity (Wildman–Crippen MR) is 95.7 cm³/mol. The zero-order chi connectivity index (χ0) is 19.6. The van der Waals surface area contributed by atoms with Crippen LogP contribution in [0.5, 0.6) is 5.75 Å². The van der Waals surface area contributed by atoms with Crippen LogP contribution in [0.15, 0.2) is 36.4 Å². The molecule has 2 amide bonds. The van der Waals surface area contributed by atoms with Gasteiger partial charge in [-0.1, -0.05) is 11.6 Å². The van der Waals surface area contributed by atoms with Crippen LogP contribution in [0.1, 0.15) is 10.4 Å². The van der Waals surface area contributed by atoms with E-state index in [2.05, 4.69) is 10.1 Å². The summed E-state index contributed by atoms with van der Waals surface area (Å²) in [6.07, 6.45) is 0. The number of hydrogen-bond donors (Lipinski definition) is 1. The van der Waals surface area contributed by atoms with E-state index < -0.39 is 23.6 Å². The van der Waals surface area contributed by atoms with E-state index in [4.69, 9.17) is 16.3 Å². The first-order valence-corrected chi connectivity index (χ1v) is 8.17. The van der Waals surface area contributed by atoms with Gasteiger partial charge in [0.1, 0.15) is 18.1 Å². The molecule has 0 spiro atoms. The first kappa shape index (κ1) is 18.7. The predicted octanol–water partition coefficient (Wildman–Crippen LogP) is 2.63. The van der Waals surface area contributed by atoms with E-state index in [9.17, 15) is 18.8 Å². The number of hydrogen-bond acceptors (Lipinski definition) is 5. The molecule has 0 saturated heterocycles. The van der Waals surface area contributed by atoms with Crippen LogP contribution in [-0.4, -0.2) is 38.0 Å². The van der Waals surface area contributed by atoms with Crippen molar-refractivity contribution in [3.05, 3.63) is 52.8 Å². The van der Waals surface area contributed by atoms with E-state index in [0.29, 0.717) is 16.5 Å². The highest BCUT2D eigenvalue weighted by Crippen LogP contribution is 2.34. The lowest BCUT2D eigenvalue weighted by Crippen LogP contribution is -2.43. The van der Waals surface area contributed by atoms with E-state index in [0.717, 1.165) is 12.1 Å². The Bertz CT molecular complexity index is 934.